The van der Waals surface area contributed by atoms with Crippen LogP contribution in [-0.4, -0.2) is 23.0 Å². The summed E-state index contributed by atoms with van der Waals surface area (Å²) in [5.74, 6) is 0.613. The zero-order valence-electron chi connectivity index (χ0n) is 14.6. The Morgan fingerprint density at radius 2 is 1.96 bits per heavy atom. The molecule has 0 unspecified atom stereocenters. The molecule has 3 aromatic rings. The van der Waals surface area contributed by atoms with E-state index < -0.39 is 0 Å². The van der Waals surface area contributed by atoms with Gasteiger partial charge in [0, 0.05) is 6.92 Å². The first kappa shape index (κ1) is 18.8. The van der Waals surface area contributed by atoms with Crippen LogP contribution in [0.3, 0.4) is 0 Å². The molecule has 2 N–H and O–H groups in total. The van der Waals surface area contributed by atoms with E-state index in [-0.39, 0.29) is 5.91 Å². The number of nitrogens with one attached hydrogen (secondary N) is 2. The van der Waals surface area contributed by atoms with Gasteiger partial charge in [0.25, 0.3) is 0 Å². The Labute approximate surface area is 167 Å². The van der Waals surface area contributed by atoms with Crippen molar-refractivity contribution in [2.45, 2.75) is 20.8 Å². The number of carbonyl (C=O) groups excluding carboxylic acids is 1. The number of aromatic nitrogens is 2. The highest BCUT2D eigenvalue weighted by atomic mass is 79.9. The first-order valence-electron chi connectivity index (χ1n) is 7.70. The van der Waals surface area contributed by atoms with Crippen molar-refractivity contribution in [3.8, 4) is 16.3 Å². The van der Waals surface area contributed by atoms with Crippen LogP contribution in [0, 0.1) is 13.8 Å². The van der Waals surface area contributed by atoms with E-state index in [4.69, 9.17) is 9.72 Å². The van der Waals surface area contributed by atoms with E-state index in [2.05, 4.69) is 31.5 Å². The van der Waals surface area contributed by atoms with E-state index in [0.717, 1.165) is 42.2 Å². The summed E-state index contributed by atoms with van der Waals surface area (Å²) in [6.45, 7) is 5.39. The Morgan fingerprint density at radius 1 is 1.19 bits per heavy atom. The molecular weight excluding hydrogens is 436 g/mol. The number of benzene rings is 1. The van der Waals surface area contributed by atoms with Gasteiger partial charge in [0.1, 0.15) is 15.2 Å². The molecule has 1 aromatic carbocycles. The van der Waals surface area contributed by atoms with Gasteiger partial charge < -0.3 is 15.4 Å². The second-order valence-electron chi connectivity index (χ2n) is 5.58. The summed E-state index contributed by atoms with van der Waals surface area (Å²) in [6.07, 6.45) is 0. The van der Waals surface area contributed by atoms with Crippen LogP contribution in [0.2, 0.25) is 0 Å². The third-order valence-corrected chi connectivity index (χ3v) is 6.18. The summed E-state index contributed by atoms with van der Waals surface area (Å²) in [6, 6.07) is 5.94. The molecule has 6 nitrogen and oxygen atoms in total. The monoisotopic (exact) mass is 452 g/mol. The summed E-state index contributed by atoms with van der Waals surface area (Å²) in [7, 11) is 1.64. The fourth-order valence-electron chi connectivity index (χ4n) is 2.35. The van der Waals surface area contributed by atoms with Gasteiger partial charge in [0.15, 0.2) is 10.3 Å². The van der Waals surface area contributed by atoms with Gasteiger partial charge in [-0.1, -0.05) is 28.7 Å². The largest absolute Gasteiger partial charge is 0.495 e. The van der Waals surface area contributed by atoms with Crippen LogP contribution in [0.1, 0.15) is 18.2 Å². The van der Waals surface area contributed by atoms with E-state index in [1.165, 1.54) is 29.6 Å². The van der Waals surface area contributed by atoms with Gasteiger partial charge in [0.2, 0.25) is 5.91 Å². The molecule has 26 heavy (non-hydrogen) atoms. The van der Waals surface area contributed by atoms with Gasteiger partial charge in [-0.25, -0.2) is 9.97 Å². The van der Waals surface area contributed by atoms with Gasteiger partial charge in [-0.3, -0.25) is 4.79 Å². The molecule has 0 aliphatic rings. The molecule has 0 saturated heterocycles. The van der Waals surface area contributed by atoms with Crippen LogP contribution in [0.5, 0.6) is 5.75 Å². The van der Waals surface area contributed by atoms with Crippen LogP contribution >= 0.6 is 38.6 Å². The van der Waals surface area contributed by atoms with Crippen molar-refractivity contribution >= 4 is 60.5 Å². The van der Waals surface area contributed by atoms with Crippen molar-refractivity contribution < 1.29 is 9.53 Å². The van der Waals surface area contributed by atoms with Gasteiger partial charge in [-0.2, -0.15) is 0 Å². The molecule has 0 fully saturated rings. The van der Waals surface area contributed by atoms with Crippen molar-refractivity contribution in [1.29, 1.82) is 0 Å². The first-order valence-corrected chi connectivity index (χ1v) is 10.1. The van der Waals surface area contributed by atoms with Crippen LogP contribution in [-0.2, 0) is 4.79 Å². The highest BCUT2D eigenvalue weighted by Crippen LogP contribution is 2.42. The molecule has 0 bridgehead atoms. The highest BCUT2D eigenvalue weighted by molar-refractivity contribution is 9.11. The lowest BCUT2D eigenvalue weighted by molar-refractivity contribution is -0.114. The number of hydrogen-bond acceptors (Lipinski definition) is 7. The zero-order valence-corrected chi connectivity index (χ0v) is 17.9. The number of anilines is 3. The number of aryl methyl sites for hydroxylation is 2. The van der Waals surface area contributed by atoms with E-state index in [9.17, 15) is 4.79 Å². The van der Waals surface area contributed by atoms with Gasteiger partial charge >= 0.3 is 0 Å². The molecular formula is C17H17BrN4O2S2. The minimum atomic E-state index is -0.142. The fraction of sp³-hybridized carbons (Fsp3) is 0.235. The number of ether oxygens (including phenoxy) is 1. The minimum Gasteiger partial charge on any atom is -0.495 e. The summed E-state index contributed by atoms with van der Waals surface area (Å²) >= 11 is 6.48. The number of thiazole rings is 2. The maximum atomic E-state index is 11.2. The maximum absolute atomic E-state index is 11.2. The van der Waals surface area contributed by atoms with Crippen molar-refractivity contribution in [1.82, 2.24) is 9.97 Å². The SMILES string of the molecule is COc1ccc(C)cc1Nc1nc(-c2sc(NC(C)=O)nc2C)c(Br)s1. The molecule has 2 aromatic heterocycles. The number of rotatable bonds is 5. The van der Waals surface area contributed by atoms with Crippen molar-refractivity contribution in [2.75, 3.05) is 17.7 Å². The first-order chi connectivity index (χ1) is 12.4. The van der Waals surface area contributed by atoms with E-state index in [1.54, 1.807) is 7.11 Å². The quantitative estimate of drug-likeness (QED) is 0.544. The Morgan fingerprint density at radius 3 is 2.65 bits per heavy atom. The van der Waals surface area contributed by atoms with E-state index in [0.29, 0.717) is 5.13 Å². The summed E-state index contributed by atoms with van der Waals surface area (Å²) in [5.41, 5.74) is 3.61. The molecule has 0 spiro atoms. The Hall–Kier alpha value is -1.97. The predicted octanol–water partition coefficient (Wildman–Crippen LogP) is 5.36. The lowest BCUT2D eigenvalue weighted by Gasteiger charge is -2.09. The Kier molecular flexibility index (Phi) is 5.59. The molecule has 136 valence electrons. The van der Waals surface area contributed by atoms with Gasteiger partial charge in [-0.15, -0.1) is 0 Å². The topological polar surface area (TPSA) is 76.1 Å². The molecule has 0 atom stereocenters. The summed E-state index contributed by atoms with van der Waals surface area (Å²) in [4.78, 5) is 21.2. The minimum absolute atomic E-state index is 0.142. The lowest BCUT2D eigenvalue weighted by Crippen LogP contribution is -2.04. The van der Waals surface area contributed by atoms with E-state index in [1.807, 2.05) is 32.0 Å². The maximum Gasteiger partial charge on any atom is 0.223 e. The van der Waals surface area contributed by atoms with Gasteiger partial charge in [-0.05, 0) is 47.5 Å². The fourth-order valence-corrected chi connectivity index (χ4v) is 5.01. The number of amides is 1. The molecule has 1 amide bonds. The molecule has 0 radical (unpaired) electrons. The van der Waals surface area contributed by atoms with Crippen LogP contribution in [0.15, 0.2) is 22.0 Å². The molecule has 3 rings (SSSR count). The van der Waals surface area contributed by atoms with Crippen LogP contribution < -0.4 is 15.4 Å². The average Bonchev–Trinajstić information content (AvgIpc) is 3.09. The smallest absolute Gasteiger partial charge is 0.223 e. The summed E-state index contributed by atoms with van der Waals surface area (Å²) < 4.78 is 6.30. The number of halogens is 1. The number of carbonyl (C=O) groups is 1. The van der Waals surface area contributed by atoms with E-state index >= 15 is 0 Å². The standard InChI is InChI=1S/C17H17BrN4O2S2/c1-8-5-6-12(24-4)11(7-8)21-17-22-13(15(18)26-17)14-9(2)19-16(25-14)20-10(3)23/h5-7H,1-4H3,(H,21,22)(H,19,20,23). The van der Waals surface area contributed by atoms with Crippen LogP contribution in [0.25, 0.3) is 10.6 Å². The zero-order chi connectivity index (χ0) is 18.8. The van der Waals surface area contributed by atoms with Crippen molar-refractivity contribution in [3.05, 3.63) is 33.2 Å². The average molecular weight is 453 g/mol. The lowest BCUT2D eigenvalue weighted by atomic mass is 10.2. The Balaban J connectivity index is 1.92. The molecule has 0 aliphatic heterocycles. The van der Waals surface area contributed by atoms with Crippen LogP contribution in [0.4, 0.5) is 16.0 Å². The summed E-state index contributed by atoms with van der Waals surface area (Å²) in [5, 5.41) is 7.35. The second-order valence-corrected chi connectivity index (χ2v) is 8.90. The highest BCUT2D eigenvalue weighted by Gasteiger charge is 2.18. The third-order valence-electron chi connectivity index (χ3n) is 3.48. The van der Waals surface area contributed by atoms with Crippen molar-refractivity contribution in [3.63, 3.8) is 0 Å². The number of methoxy groups -OCH3 is 1. The van der Waals surface area contributed by atoms with Gasteiger partial charge in [0.05, 0.1) is 23.4 Å². The molecule has 9 heteroatoms. The van der Waals surface area contributed by atoms with Crippen molar-refractivity contribution in [2.24, 2.45) is 0 Å². The molecule has 2 heterocycles. The normalized spacial score (nSPS) is 10.7. The molecule has 0 aliphatic carbocycles. The second kappa shape index (κ2) is 7.73. The number of nitrogens with zero attached hydrogens (tertiary/aromatic N) is 2. The third kappa shape index (κ3) is 4.05. The molecule has 0 saturated carbocycles. The Bertz CT molecular complexity index is 968. The number of hydrogen-bond donors (Lipinski definition) is 2. The predicted molar refractivity (Wildman–Crippen MR) is 111 cm³/mol.